The number of aliphatic hydroxyl groups excluding tert-OH is 1. The van der Waals surface area contributed by atoms with E-state index in [2.05, 4.69) is 11.9 Å². The van der Waals surface area contributed by atoms with Crippen LogP contribution in [-0.2, 0) is 6.61 Å². The van der Waals surface area contributed by atoms with Crippen molar-refractivity contribution in [3.05, 3.63) is 66.8 Å². The molecule has 2 aromatic rings. The third-order valence-corrected chi connectivity index (χ3v) is 2.63. The number of rotatable bonds is 5. The summed E-state index contributed by atoms with van der Waals surface area (Å²) in [6.45, 7) is 4.11. The number of nitrogens with zero attached hydrogens (tertiary/aromatic N) is 1. The van der Waals surface area contributed by atoms with Crippen LogP contribution < -0.4 is 4.74 Å². The maximum absolute atomic E-state index is 9.71. The Bertz CT molecular complexity index is 485. The van der Waals surface area contributed by atoms with E-state index in [1.165, 1.54) is 0 Å². The van der Waals surface area contributed by atoms with Gasteiger partial charge in [-0.25, -0.2) is 0 Å². The monoisotopic (exact) mass is 242 g/mol. The van der Waals surface area contributed by atoms with Crippen molar-refractivity contribution < 1.29 is 9.84 Å². The summed E-state index contributed by atoms with van der Waals surface area (Å²) in [6.07, 6.45) is 1.65. The van der Waals surface area contributed by atoms with E-state index in [4.69, 9.17) is 4.74 Å². The molecule has 1 radical (unpaired) electrons. The van der Waals surface area contributed by atoms with Gasteiger partial charge in [-0.3, -0.25) is 4.98 Å². The molecule has 1 aromatic heterocycles. The van der Waals surface area contributed by atoms with E-state index < -0.39 is 6.10 Å². The predicted molar refractivity (Wildman–Crippen MR) is 69.9 cm³/mol. The minimum atomic E-state index is -0.539. The Hall–Kier alpha value is -1.87. The summed E-state index contributed by atoms with van der Waals surface area (Å²) in [5, 5.41) is 9.71. The van der Waals surface area contributed by atoms with Gasteiger partial charge < -0.3 is 9.84 Å². The van der Waals surface area contributed by atoms with E-state index in [0.717, 1.165) is 17.0 Å². The lowest BCUT2D eigenvalue weighted by Gasteiger charge is -2.10. The second-order valence-corrected chi connectivity index (χ2v) is 3.99. The van der Waals surface area contributed by atoms with Crippen molar-refractivity contribution in [1.82, 2.24) is 4.98 Å². The van der Waals surface area contributed by atoms with Crippen molar-refractivity contribution >= 4 is 0 Å². The number of hydrogen-bond acceptors (Lipinski definition) is 3. The zero-order valence-electron chi connectivity index (χ0n) is 10.1. The van der Waals surface area contributed by atoms with Crippen LogP contribution in [0.1, 0.15) is 23.8 Å². The van der Waals surface area contributed by atoms with E-state index >= 15 is 0 Å². The van der Waals surface area contributed by atoms with E-state index in [1.54, 1.807) is 6.20 Å². The Balaban J connectivity index is 2.01. The highest BCUT2D eigenvalue weighted by molar-refractivity contribution is 5.30. The van der Waals surface area contributed by atoms with Crippen molar-refractivity contribution in [2.24, 2.45) is 0 Å². The van der Waals surface area contributed by atoms with Crippen LogP contribution in [0.25, 0.3) is 0 Å². The van der Waals surface area contributed by atoms with Gasteiger partial charge in [-0.05, 0) is 36.2 Å². The fraction of sp³-hybridized carbons (Fsp3) is 0.200. The van der Waals surface area contributed by atoms with E-state index in [-0.39, 0.29) is 0 Å². The first-order valence-corrected chi connectivity index (χ1v) is 5.89. The Morgan fingerprint density at radius 1 is 1.22 bits per heavy atom. The number of hydrogen-bond donors (Lipinski definition) is 1. The minimum absolute atomic E-state index is 0.421. The standard InChI is InChI=1S/C15H16NO2/c1-2-15(17)12-6-5-8-14(10-12)18-11-13-7-3-4-9-16-13/h3-10,15,17H,1-2,11H2/t15-/m1/s1. The van der Waals surface area contributed by atoms with Crippen molar-refractivity contribution in [2.75, 3.05) is 0 Å². The number of aromatic nitrogens is 1. The Kier molecular flexibility index (Phi) is 4.31. The zero-order chi connectivity index (χ0) is 12.8. The van der Waals surface area contributed by atoms with Crippen LogP contribution in [0, 0.1) is 6.92 Å². The second-order valence-electron chi connectivity index (χ2n) is 3.99. The Morgan fingerprint density at radius 3 is 2.83 bits per heavy atom. The molecule has 0 unspecified atom stereocenters. The molecule has 0 saturated heterocycles. The molecule has 93 valence electrons. The van der Waals surface area contributed by atoms with Crippen LogP contribution in [0.3, 0.4) is 0 Å². The van der Waals surface area contributed by atoms with Gasteiger partial charge in [-0.15, -0.1) is 0 Å². The topological polar surface area (TPSA) is 42.4 Å². The number of aliphatic hydroxyl groups is 1. The normalized spacial score (nSPS) is 12.1. The quantitative estimate of drug-likeness (QED) is 0.876. The van der Waals surface area contributed by atoms with Crippen molar-refractivity contribution in [2.45, 2.75) is 19.1 Å². The average Bonchev–Trinajstić information content (AvgIpc) is 2.45. The van der Waals surface area contributed by atoms with Crippen molar-refractivity contribution in [1.29, 1.82) is 0 Å². The molecule has 18 heavy (non-hydrogen) atoms. The predicted octanol–water partition coefficient (Wildman–Crippen LogP) is 2.92. The second kappa shape index (κ2) is 6.17. The molecule has 1 heterocycles. The van der Waals surface area contributed by atoms with Gasteiger partial charge in [0.15, 0.2) is 0 Å². The summed E-state index contributed by atoms with van der Waals surface area (Å²) in [7, 11) is 0. The van der Waals surface area contributed by atoms with Gasteiger partial charge in [0, 0.05) is 6.20 Å². The number of benzene rings is 1. The summed E-state index contributed by atoms with van der Waals surface area (Å²) in [4.78, 5) is 4.18. The highest BCUT2D eigenvalue weighted by Gasteiger charge is 2.05. The molecule has 0 aliphatic carbocycles. The molecule has 0 spiro atoms. The highest BCUT2D eigenvalue weighted by Crippen LogP contribution is 2.21. The molecular formula is C15H16NO2. The molecule has 0 fully saturated rings. The third kappa shape index (κ3) is 3.31. The molecule has 0 amide bonds. The fourth-order valence-corrected chi connectivity index (χ4v) is 1.62. The lowest BCUT2D eigenvalue weighted by Crippen LogP contribution is -1.99. The van der Waals surface area contributed by atoms with Gasteiger partial charge in [0.25, 0.3) is 0 Å². The largest absolute Gasteiger partial charge is 0.487 e. The number of pyridine rings is 1. The highest BCUT2D eigenvalue weighted by atomic mass is 16.5. The summed E-state index contributed by atoms with van der Waals surface area (Å²) >= 11 is 0. The molecule has 1 atom stereocenters. The van der Waals surface area contributed by atoms with Crippen LogP contribution in [-0.4, -0.2) is 10.1 Å². The molecule has 0 aliphatic rings. The smallest absolute Gasteiger partial charge is 0.130 e. The number of ether oxygens (including phenoxy) is 1. The summed E-state index contributed by atoms with van der Waals surface area (Å²) in [5.74, 6) is 0.727. The molecule has 0 bridgehead atoms. The molecule has 0 saturated carbocycles. The van der Waals surface area contributed by atoms with E-state index in [1.807, 2.05) is 42.5 Å². The zero-order valence-corrected chi connectivity index (χ0v) is 10.1. The lowest BCUT2D eigenvalue weighted by molar-refractivity contribution is 0.180. The maximum atomic E-state index is 9.71. The van der Waals surface area contributed by atoms with Gasteiger partial charge in [0.05, 0.1) is 11.8 Å². The molecule has 3 heteroatoms. The van der Waals surface area contributed by atoms with E-state index in [0.29, 0.717) is 13.0 Å². The SMILES string of the molecule is [CH2]C[C@@H](O)c1cccc(OCc2ccccn2)c1. The van der Waals surface area contributed by atoms with Crippen LogP contribution in [0.15, 0.2) is 48.7 Å². The van der Waals surface area contributed by atoms with Gasteiger partial charge >= 0.3 is 0 Å². The van der Waals surface area contributed by atoms with Gasteiger partial charge in [-0.2, -0.15) is 0 Å². The average molecular weight is 242 g/mol. The summed E-state index contributed by atoms with van der Waals surface area (Å²) in [5.41, 5.74) is 1.70. The minimum Gasteiger partial charge on any atom is -0.487 e. The first-order valence-electron chi connectivity index (χ1n) is 5.89. The molecule has 3 nitrogen and oxygen atoms in total. The Morgan fingerprint density at radius 2 is 2.11 bits per heavy atom. The Labute approximate surface area is 107 Å². The molecular weight excluding hydrogens is 226 g/mol. The summed E-state index contributed by atoms with van der Waals surface area (Å²) < 4.78 is 5.63. The van der Waals surface area contributed by atoms with E-state index in [9.17, 15) is 5.11 Å². The van der Waals surface area contributed by atoms with Crippen LogP contribution in [0.5, 0.6) is 5.75 Å². The van der Waals surface area contributed by atoms with Crippen molar-refractivity contribution in [3.8, 4) is 5.75 Å². The van der Waals surface area contributed by atoms with Crippen LogP contribution in [0.4, 0.5) is 0 Å². The van der Waals surface area contributed by atoms with Gasteiger partial charge in [0.2, 0.25) is 0 Å². The molecule has 2 rings (SSSR count). The third-order valence-electron chi connectivity index (χ3n) is 2.63. The fourth-order valence-electron chi connectivity index (χ4n) is 1.62. The van der Waals surface area contributed by atoms with Crippen LogP contribution in [0.2, 0.25) is 0 Å². The molecule has 0 aliphatic heterocycles. The van der Waals surface area contributed by atoms with Gasteiger partial charge in [-0.1, -0.05) is 25.1 Å². The molecule has 1 aromatic carbocycles. The first kappa shape index (κ1) is 12.6. The van der Waals surface area contributed by atoms with Gasteiger partial charge in [0.1, 0.15) is 12.4 Å². The van der Waals surface area contributed by atoms with Crippen LogP contribution >= 0.6 is 0 Å². The lowest BCUT2D eigenvalue weighted by atomic mass is 10.1. The maximum Gasteiger partial charge on any atom is 0.130 e. The van der Waals surface area contributed by atoms with Crippen molar-refractivity contribution in [3.63, 3.8) is 0 Å². The summed E-state index contributed by atoms with van der Waals surface area (Å²) in [6, 6.07) is 13.1. The first-order chi connectivity index (χ1) is 8.79. The molecule has 1 N–H and O–H groups in total.